The molecular formula is C18H23N3O3. The summed E-state index contributed by atoms with van der Waals surface area (Å²) in [6.07, 6.45) is 0. The first-order valence-corrected chi connectivity index (χ1v) is 8.33. The Balaban J connectivity index is 1.59. The molecule has 0 saturated carbocycles. The van der Waals surface area contributed by atoms with Gasteiger partial charge in [0.25, 0.3) is 5.91 Å². The molecule has 1 aliphatic heterocycles. The predicted octanol–water partition coefficient (Wildman–Crippen LogP) is 2.34. The van der Waals surface area contributed by atoms with Gasteiger partial charge in [0.05, 0.1) is 17.9 Å². The van der Waals surface area contributed by atoms with Crippen LogP contribution in [0.4, 0.5) is 0 Å². The van der Waals surface area contributed by atoms with Crippen molar-refractivity contribution < 1.29 is 14.1 Å². The van der Waals surface area contributed by atoms with E-state index in [-0.39, 0.29) is 5.91 Å². The summed E-state index contributed by atoms with van der Waals surface area (Å²) in [6.45, 7) is 8.19. The van der Waals surface area contributed by atoms with Crippen LogP contribution in [-0.4, -0.2) is 53.6 Å². The predicted molar refractivity (Wildman–Crippen MR) is 90.0 cm³/mol. The zero-order chi connectivity index (χ0) is 16.9. The number of hydrogen-bond acceptors (Lipinski definition) is 5. The SMILES string of the molecule is CCOc1ccccc1C(=O)N1CCN(Cc2cc(C)on2)CC1. The molecule has 6 heteroatoms. The van der Waals surface area contributed by atoms with Gasteiger partial charge in [0.15, 0.2) is 0 Å². The summed E-state index contributed by atoms with van der Waals surface area (Å²) in [7, 11) is 0. The number of hydrogen-bond donors (Lipinski definition) is 0. The molecule has 1 fully saturated rings. The minimum atomic E-state index is 0.0379. The van der Waals surface area contributed by atoms with Crippen LogP contribution in [0.25, 0.3) is 0 Å². The van der Waals surface area contributed by atoms with Crippen molar-refractivity contribution in [3.63, 3.8) is 0 Å². The van der Waals surface area contributed by atoms with E-state index >= 15 is 0 Å². The van der Waals surface area contributed by atoms with Crippen LogP contribution in [-0.2, 0) is 6.54 Å². The maximum Gasteiger partial charge on any atom is 0.257 e. The molecule has 2 aromatic rings. The normalized spacial score (nSPS) is 15.5. The molecule has 0 atom stereocenters. The van der Waals surface area contributed by atoms with Gasteiger partial charge in [-0.1, -0.05) is 17.3 Å². The molecule has 2 heterocycles. The molecule has 1 aromatic carbocycles. The Hall–Kier alpha value is -2.34. The lowest BCUT2D eigenvalue weighted by Gasteiger charge is -2.34. The first-order chi connectivity index (χ1) is 11.7. The molecule has 0 spiro atoms. The van der Waals surface area contributed by atoms with Gasteiger partial charge >= 0.3 is 0 Å². The Bertz CT molecular complexity index is 690. The Kier molecular flexibility index (Phi) is 5.15. The molecule has 0 unspecified atom stereocenters. The van der Waals surface area contributed by atoms with Crippen LogP contribution in [0.5, 0.6) is 5.75 Å². The van der Waals surface area contributed by atoms with Crippen molar-refractivity contribution in [2.24, 2.45) is 0 Å². The summed E-state index contributed by atoms with van der Waals surface area (Å²) in [4.78, 5) is 16.9. The monoisotopic (exact) mass is 329 g/mol. The Morgan fingerprint density at radius 3 is 2.67 bits per heavy atom. The average molecular weight is 329 g/mol. The minimum Gasteiger partial charge on any atom is -0.493 e. The van der Waals surface area contributed by atoms with Crippen LogP contribution in [0, 0.1) is 6.92 Å². The average Bonchev–Trinajstić information content (AvgIpc) is 3.01. The largest absolute Gasteiger partial charge is 0.493 e. The molecule has 0 N–H and O–H groups in total. The number of carbonyl (C=O) groups is 1. The Morgan fingerprint density at radius 1 is 1.25 bits per heavy atom. The molecule has 24 heavy (non-hydrogen) atoms. The Morgan fingerprint density at radius 2 is 2.00 bits per heavy atom. The van der Waals surface area contributed by atoms with E-state index in [0.717, 1.165) is 31.1 Å². The van der Waals surface area contributed by atoms with E-state index in [9.17, 15) is 4.79 Å². The second kappa shape index (κ2) is 7.49. The summed E-state index contributed by atoms with van der Waals surface area (Å²) in [6, 6.07) is 9.39. The molecule has 1 saturated heterocycles. The van der Waals surface area contributed by atoms with E-state index in [1.165, 1.54) is 0 Å². The van der Waals surface area contributed by atoms with Crippen molar-refractivity contribution in [1.29, 1.82) is 0 Å². The number of amides is 1. The highest BCUT2D eigenvalue weighted by Crippen LogP contribution is 2.21. The second-order valence-electron chi connectivity index (χ2n) is 5.93. The van der Waals surface area contributed by atoms with Gasteiger partial charge in [-0.25, -0.2) is 0 Å². The van der Waals surface area contributed by atoms with Crippen LogP contribution in [0.2, 0.25) is 0 Å². The molecule has 128 valence electrons. The number of nitrogens with zero attached hydrogens (tertiary/aromatic N) is 3. The standard InChI is InChI=1S/C18H23N3O3/c1-3-23-17-7-5-4-6-16(17)18(22)21-10-8-20(9-11-21)13-15-12-14(2)24-19-15/h4-7,12H,3,8-11,13H2,1-2H3. The van der Waals surface area contributed by atoms with Crippen LogP contribution < -0.4 is 4.74 Å². The maximum atomic E-state index is 12.8. The third-order valence-electron chi connectivity index (χ3n) is 4.14. The quantitative estimate of drug-likeness (QED) is 0.843. The highest BCUT2D eigenvalue weighted by Gasteiger charge is 2.24. The summed E-state index contributed by atoms with van der Waals surface area (Å²) in [5.41, 5.74) is 1.58. The summed E-state index contributed by atoms with van der Waals surface area (Å²) >= 11 is 0. The van der Waals surface area contributed by atoms with Gasteiger partial charge in [-0.2, -0.15) is 0 Å². The van der Waals surface area contributed by atoms with Crippen molar-refractivity contribution in [1.82, 2.24) is 15.0 Å². The second-order valence-corrected chi connectivity index (χ2v) is 5.93. The fourth-order valence-corrected chi connectivity index (χ4v) is 2.93. The van der Waals surface area contributed by atoms with E-state index in [1.807, 2.05) is 49.1 Å². The zero-order valence-corrected chi connectivity index (χ0v) is 14.2. The number of aryl methyl sites for hydroxylation is 1. The topological polar surface area (TPSA) is 58.8 Å². The maximum absolute atomic E-state index is 12.8. The number of rotatable bonds is 5. The van der Waals surface area contributed by atoms with Crippen molar-refractivity contribution in [3.8, 4) is 5.75 Å². The zero-order valence-electron chi connectivity index (χ0n) is 14.2. The van der Waals surface area contributed by atoms with Gasteiger partial charge < -0.3 is 14.2 Å². The fourth-order valence-electron chi connectivity index (χ4n) is 2.93. The van der Waals surface area contributed by atoms with Gasteiger partial charge in [-0.05, 0) is 26.0 Å². The molecule has 3 rings (SSSR count). The van der Waals surface area contributed by atoms with E-state index in [0.29, 0.717) is 31.0 Å². The van der Waals surface area contributed by atoms with Crippen molar-refractivity contribution in [2.45, 2.75) is 20.4 Å². The van der Waals surface area contributed by atoms with Crippen molar-refractivity contribution >= 4 is 5.91 Å². The number of carbonyl (C=O) groups excluding carboxylic acids is 1. The highest BCUT2D eigenvalue weighted by atomic mass is 16.5. The molecule has 1 amide bonds. The van der Waals surface area contributed by atoms with Gasteiger partial charge in [0.1, 0.15) is 11.5 Å². The lowest BCUT2D eigenvalue weighted by molar-refractivity contribution is 0.0622. The lowest BCUT2D eigenvalue weighted by Crippen LogP contribution is -2.48. The van der Waals surface area contributed by atoms with Crippen LogP contribution in [0.3, 0.4) is 0 Å². The van der Waals surface area contributed by atoms with Crippen molar-refractivity contribution in [2.75, 3.05) is 32.8 Å². The molecule has 1 aliphatic rings. The molecule has 0 radical (unpaired) electrons. The minimum absolute atomic E-state index is 0.0379. The smallest absolute Gasteiger partial charge is 0.257 e. The van der Waals surface area contributed by atoms with Gasteiger partial charge in [-0.15, -0.1) is 0 Å². The van der Waals surface area contributed by atoms with E-state index in [4.69, 9.17) is 9.26 Å². The number of para-hydroxylation sites is 1. The molecule has 1 aromatic heterocycles. The molecule has 0 aliphatic carbocycles. The fraction of sp³-hybridized carbons (Fsp3) is 0.444. The number of aromatic nitrogens is 1. The first-order valence-electron chi connectivity index (χ1n) is 8.33. The number of piperazine rings is 1. The summed E-state index contributed by atoms with van der Waals surface area (Å²) in [5, 5.41) is 4.03. The highest BCUT2D eigenvalue weighted by molar-refractivity contribution is 5.97. The van der Waals surface area contributed by atoms with Crippen LogP contribution >= 0.6 is 0 Å². The number of benzene rings is 1. The van der Waals surface area contributed by atoms with Crippen molar-refractivity contribution in [3.05, 3.63) is 47.3 Å². The van der Waals surface area contributed by atoms with E-state index in [2.05, 4.69) is 10.1 Å². The van der Waals surface area contributed by atoms with Crippen LogP contribution in [0.15, 0.2) is 34.9 Å². The van der Waals surface area contributed by atoms with Gasteiger partial charge in [-0.3, -0.25) is 9.69 Å². The lowest BCUT2D eigenvalue weighted by atomic mass is 10.1. The van der Waals surface area contributed by atoms with Crippen LogP contribution in [0.1, 0.15) is 28.7 Å². The summed E-state index contributed by atoms with van der Waals surface area (Å²) in [5.74, 6) is 1.52. The van der Waals surface area contributed by atoms with Gasteiger partial charge in [0, 0.05) is 38.8 Å². The third-order valence-corrected chi connectivity index (χ3v) is 4.14. The number of ether oxygens (including phenoxy) is 1. The summed E-state index contributed by atoms with van der Waals surface area (Å²) < 4.78 is 10.7. The van der Waals surface area contributed by atoms with E-state index in [1.54, 1.807) is 0 Å². The van der Waals surface area contributed by atoms with Gasteiger partial charge in [0.2, 0.25) is 0 Å². The van der Waals surface area contributed by atoms with E-state index < -0.39 is 0 Å². The first kappa shape index (κ1) is 16.5. The third kappa shape index (κ3) is 3.76. The molecule has 0 bridgehead atoms. The Labute approximate surface area is 142 Å². The molecular weight excluding hydrogens is 306 g/mol. The molecule has 6 nitrogen and oxygen atoms in total.